The van der Waals surface area contributed by atoms with Crippen molar-refractivity contribution in [2.24, 2.45) is 0 Å². The van der Waals surface area contributed by atoms with Crippen molar-refractivity contribution >= 4 is 6.09 Å². The molecular weight excluding hydrogens is 268 g/mol. The first kappa shape index (κ1) is 15.6. The average molecular weight is 292 g/mol. The molecule has 0 saturated carbocycles. The Hall–Kier alpha value is -1.75. The Morgan fingerprint density at radius 2 is 2.14 bits per heavy atom. The average Bonchev–Trinajstić information content (AvgIpc) is 2.58. The number of benzene rings is 1. The standard InChI is InChI=1S/C16H24N2O3/c1-11-7-5-8-12-13(9-6-10-20-14(11)12)17-18-15(19)21-16(2,3)4/h5,7-8,13,17H,6,9-10H2,1-4H3,(H,18,19). The van der Waals surface area contributed by atoms with E-state index in [1.807, 2.05) is 45.9 Å². The van der Waals surface area contributed by atoms with E-state index in [0.29, 0.717) is 6.61 Å². The molecule has 1 amide bonds. The smallest absolute Gasteiger partial charge is 0.422 e. The second-order valence-electron chi connectivity index (χ2n) is 6.31. The number of hydrazine groups is 1. The predicted molar refractivity (Wildman–Crippen MR) is 81.2 cm³/mol. The lowest BCUT2D eigenvalue weighted by Crippen LogP contribution is -2.43. The summed E-state index contributed by atoms with van der Waals surface area (Å²) in [5, 5.41) is 0. The number of carbonyl (C=O) groups is 1. The van der Waals surface area contributed by atoms with Crippen molar-refractivity contribution in [1.29, 1.82) is 0 Å². The number of carbonyl (C=O) groups excluding carboxylic acids is 1. The zero-order chi connectivity index (χ0) is 15.5. The lowest BCUT2D eigenvalue weighted by molar-refractivity contribution is 0.0486. The molecule has 1 aromatic carbocycles. The number of ether oxygens (including phenoxy) is 2. The highest BCUT2D eigenvalue weighted by Crippen LogP contribution is 2.33. The first-order valence-electron chi connectivity index (χ1n) is 7.33. The van der Waals surface area contributed by atoms with Gasteiger partial charge in [-0.1, -0.05) is 18.2 Å². The minimum Gasteiger partial charge on any atom is -0.493 e. The molecule has 0 saturated heterocycles. The fraction of sp³-hybridized carbons (Fsp3) is 0.562. The van der Waals surface area contributed by atoms with Gasteiger partial charge in [0.05, 0.1) is 12.6 Å². The van der Waals surface area contributed by atoms with Crippen LogP contribution in [0.4, 0.5) is 4.79 Å². The van der Waals surface area contributed by atoms with E-state index in [-0.39, 0.29) is 6.04 Å². The van der Waals surface area contributed by atoms with Crippen molar-refractivity contribution in [3.63, 3.8) is 0 Å². The van der Waals surface area contributed by atoms with E-state index in [4.69, 9.17) is 9.47 Å². The van der Waals surface area contributed by atoms with E-state index in [9.17, 15) is 4.79 Å². The van der Waals surface area contributed by atoms with Crippen LogP contribution in [0.5, 0.6) is 5.75 Å². The number of fused-ring (bicyclic) bond motifs is 1. The van der Waals surface area contributed by atoms with Gasteiger partial charge in [0.2, 0.25) is 0 Å². The summed E-state index contributed by atoms with van der Waals surface area (Å²) in [6.45, 7) is 8.24. The number of nitrogens with one attached hydrogen (secondary N) is 2. The zero-order valence-electron chi connectivity index (χ0n) is 13.2. The maximum atomic E-state index is 11.7. The van der Waals surface area contributed by atoms with Gasteiger partial charge in [0.15, 0.2) is 0 Å². The summed E-state index contributed by atoms with van der Waals surface area (Å²) in [4.78, 5) is 11.7. The van der Waals surface area contributed by atoms with Crippen LogP contribution < -0.4 is 15.6 Å². The van der Waals surface area contributed by atoms with Gasteiger partial charge >= 0.3 is 6.09 Å². The molecule has 0 radical (unpaired) electrons. The number of aryl methyl sites for hydroxylation is 1. The topological polar surface area (TPSA) is 59.6 Å². The van der Waals surface area contributed by atoms with Crippen LogP contribution in [0.25, 0.3) is 0 Å². The number of hydrogen-bond acceptors (Lipinski definition) is 4. The van der Waals surface area contributed by atoms with Crippen LogP contribution in [0.2, 0.25) is 0 Å². The van der Waals surface area contributed by atoms with Crippen molar-refractivity contribution in [3.8, 4) is 5.75 Å². The molecule has 0 spiro atoms. The Kier molecular flexibility index (Phi) is 4.73. The van der Waals surface area contributed by atoms with Crippen LogP contribution >= 0.6 is 0 Å². The molecule has 1 aliphatic rings. The minimum absolute atomic E-state index is 0.0231. The molecule has 2 rings (SSSR count). The largest absolute Gasteiger partial charge is 0.493 e. The van der Waals surface area contributed by atoms with Gasteiger partial charge in [-0.3, -0.25) is 5.43 Å². The van der Waals surface area contributed by atoms with E-state index < -0.39 is 11.7 Å². The zero-order valence-corrected chi connectivity index (χ0v) is 13.2. The molecule has 1 heterocycles. The third-order valence-electron chi connectivity index (χ3n) is 3.25. The molecule has 116 valence electrons. The van der Waals surface area contributed by atoms with Gasteiger partial charge in [-0.2, -0.15) is 0 Å². The summed E-state index contributed by atoms with van der Waals surface area (Å²) in [7, 11) is 0. The molecule has 5 heteroatoms. The lowest BCUT2D eigenvalue weighted by atomic mass is 10.0. The molecule has 1 unspecified atom stereocenters. The second kappa shape index (κ2) is 6.35. The second-order valence-corrected chi connectivity index (χ2v) is 6.31. The van der Waals surface area contributed by atoms with Crippen molar-refractivity contribution < 1.29 is 14.3 Å². The molecule has 2 N–H and O–H groups in total. The highest BCUT2D eigenvalue weighted by Gasteiger charge is 2.22. The third-order valence-corrected chi connectivity index (χ3v) is 3.25. The van der Waals surface area contributed by atoms with Gasteiger partial charge in [-0.05, 0) is 46.1 Å². The monoisotopic (exact) mass is 292 g/mol. The van der Waals surface area contributed by atoms with Gasteiger partial charge in [0, 0.05) is 5.56 Å². The molecule has 1 atom stereocenters. The minimum atomic E-state index is -0.507. The van der Waals surface area contributed by atoms with Crippen LogP contribution in [0, 0.1) is 6.92 Å². The molecule has 0 aliphatic carbocycles. The number of rotatable bonds is 2. The van der Waals surface area contributed by atoms with E-state index in [0.717, 1.165) is 29.7 Å². The lowest BCUT2D eigenvalue weighted by Gasteiger charge is -2.23. The molecule has 5 nitrogen and oxygen atoms in total. The number of para-hydroxylation sites is 1. The van der Waals surface area contributed by atoms with E-state index in [1.54, 1.807) is 0 Å². The van der Waals surface area contributed by atoms with Gasteiger partial charge in [-0.15, -0.1) is 0 Å². The first-order valence-corrected chi connectivity index (χ1v) is 7.33. The summed E-state index contributed by atoms with van der Waals surface area (Å²) in [6.07, 6.45) is 1.36. The van der Waals surface area contributed by atoms with Crippen molar-refractivity contribution in [3.05, 3.63) is 29.3 Å². The van der Waals surface area contributed by atoms with Crippen LogP contribution in [-0.2, 0) is 4.74 Å². The fourth-order valence-corrected chi connectivity index (χ4v) is 2.36. The van der Waals surface area contributed by atoms with Crippen LogP contribution in [0.3, 0.4) is 0 Å². The van der Waals surface area contributed by atoms with Gasteiger partial charge in [0.1, 0.15) is 11.4 Å². The van der Waals surface area contributed by atoms with Crippen molar-refractivity contribution in [1.82, 2.24) is 10.9 Å². The predicted octanol–water partition coefficient (Wildman–Crippen LogP) is 3.24. The Bertz CT molecular complexity index is 509. The Morgan fingerprint density at radius 3 is 2.86 bits per heavy atom. The van der Waals surface area contributed by atoms with Crippen molar-refractivity contribution in [2.75, 3.05) is 6.61 Å². The van der Waals surface area contributed by atoms with Crippen LogP contribution in [0.1, 0.15) is 50.8 Å². The molecule has 21 heavy (non-hydrogen) atoms. The maximum absolute atomic E-state index is 11.7. The number of hydrogen-bond donors (Lipinski definition) is 2. The molecule has 0 bridgehead atoms. The highest BCUT2D eigenvalue weighted by molar-refractivity contribution is 5.67. The normalized spacial score (nSPS) is 18.2. The van der Waals surface area contributed by atoms with Gasteiger partial charge in [-0.25, -0.2) is 10.2 Å². The summed E-state index contributed by atoms with van der Waals surface area (Å²) >= 11 is 0. The Labute approximate surface area is 126 Å². The fourth-order valence-electron chi connectivity index (χ4n) is 2.36. The quantitative estimate of drug-likeness (QED) is 0.822. The number of amides is 1. The SMILES string of the molecule is Cc1cccc2c1OCCCC2NNC(=O)OC(C)(C)C. The van der Waals surface area contributed by atoms with Crippen LogP contribution in [0.15, 0.2) is 18.2 Å². The van der Waals surface area contributed by atoms with E-state index in [2.05, 4.69) is 10.9 Å². The third kappa shape index (κ3) is 4.36. The molecule has 0 fully saturated rings. The first-order chi connectivity index (χ1) is 9.87. The van der Waals surface area contributed by atoms with Crippen molar-refractivity contribution in [2.45, 2.75) is 52.2 Å². The maximum Gasteiger partial charge on any atom is 0.422 e. The highest BCUT2D eigenvalue weighted by atomic mass is 16.6. The van der Waals surface area contributed by atoms with E-state index >= 15 is 0 Å². The summed E-state index contributed by atoms with van der Waals surface area (Å²) in [5.74, 6) is 0.915. The summed E-state index contributed by atoms with van der Waals surface area (Å²) < 4.78 is 11.0. The summed E-state index contributed by atoms with van der Waals surface area (Å²) in [5.41, 5.74) is 7.37. The Morgan fingerprint density at radius 1 is 1.38 bits per heavy atom. The molecular formula is C16H24N2O3. The van der Waals surface area contributed by atoms with E-state index in [1.165, 1.54) is 0 Å². The molecule has 1 aliphatic heterocycles. The van der Waals surface area contributed by atoms with Crippen LogP contribution in [-0.4, -0.2) is 18.3 Å². The Balaban J connectivity index is 2.04. The van der Waals surface area contributed by atoms with Gasteiger partial charge < -0.3 is 9.47 Å². The molecule has 1 aromatic rings. The molecule has 0 aromatic heterocycles. The summed E-state index contributed by atoms with van der Waals surface area (Å²) in [6, 6.07) is 6.09. The van der Waals surface area contributed by atoms with Gasteiger partial charge in [0.25, 0.3) is 0 Å².